The number of carbonyl (C=O) groups is 1. The molecule has 0 saturated carbocycles. The van der Waals surface area contributed by atoms with Gasteiger partial charge in [-0.25, -0.2) is 4.99 Å². The van der Waals surface area contributed by atoms with Crippen molar-refractivity contribution in [2.45, 2.75) is 65.8 Å². The summed E-state index contributed by atoms with van der Waals surface area (Å²) in [5, 5.41) is 7.54. The van der Waals surface area contributed by atoms with E-state index in [2.05, 4.69) is 29.2 Å². The topological polar surface area (TPSA) is 80.0 Å². The van der Waals surface area contributed by atoms with Gasteiger partial charge in [0, 0.05) is 31.6 Å². The van der Waals surface area contributed by atoms with Crippen molar-refractivity contribution in [1.82, 2.24) is 15.4 Å². The van der Waals surface area contributed by atoms with E-state index in [9.17, 15) is 4.79 Å². The fourth-order valence-electron chi connectivity index (χ4n) is 3.50. The van der Waals surface area contributed by atoms with Crippen molar-refractivity contribution in [1.29, 1.82) is 0 Å². The highest BCUT2D eigenvalue weighted by molar-refractivity contribution is 14.0. The van der Waals surface area contributed by atoms with Crippen molar-refractivity contribution in [2.75, 3.05) is 26.2 Å². The lowest BCUT2D eigenvalue weighted by atomic mass is 9.98. The number of hydrogen-bond acceptors (Lipinski definition) is 5. The molecule has 1 aliphatic rings. The van der Waals surface area contributed by atoms with Gasteiger partial charge in [-0.1, -0.05) is 19.0 Å². The van der Waals surface area contributed by atoms with Gasteiger partial charge < -0.3 is 19.5 Å². The monoisotopic (exact) mass is 506 g/mol. The number of aliphatic imine (C=N–C) groups is 1. The van der Waals surface area contributed by atoms with E-state index in [1.54, 1.807) is 0 Å². The summed E-state index contributed by atoms with van der Waals surface area (Å²) in [6, 6.07) is 2.02. The number of esters is 1. The molecule has 0 aliphatic carbocycles. The van der Waals surface area contributed by atoms with Crippen molar-refractivity contribution in [3.05, 3.63) is 17.5 Å². The van der Waals surface area contributed by atoms with Crippen LogP contribution in [0.5, 0.6) is 0 Å². The van der Waals surface area contributed by atoms with Gasteiger partial charge in [0.05, 0.1) is 18.2 Å². The zero-order valence-electron chi connectivity index (χ0n) is 17.6. The van der Waals surface area contributed by atoms with Gasteiger partial charge in [-0.15, -0.1) is 24.0 Å². The number of guanidine groups is 1. The van der Waals surface area contributed by atoms with Crippen molar-refractivity contribution in [2.24, 2.45) is 10.9 Å². The van der Waals surface area contributed by atoms with Crippen LogP contribution in [0.2, 0.25) is 0 Å². The average molecular weight is 506 g/mol. The lowest BCUT2D eigenvalue weighted by Gasteiger charge is -2.33. The molecular weight excluding hydrogens is 471 g/mol. The first-order valence-electron chi connectivity index (χ1n) is 10.3. The quantitative estimate of drug-likeness (QED) is 0.249. The molecule has 1 aliphatic heterocycles. The molecule has 8 heteroatoms. The predicted molar refractivity (Wildman–Crippen MR) is 121 cm³/mol. The van der Waals surface area contributed by atoms with E-state index in [4.69, 9.17) is 14.3 Å². The third-order valence-corrected chi connectivity index (χ3v) is 5.04. The Labute approximate surface area is 185 Å². The zero-order valence-corrected chi connectivity index (χ0v) is 19.9. The maximum atomic E-state index is 12.1. The number of aromatic nitrogens is 1. The van der Waals surface area contributed by atoms with Crippen molar-refractivity contribution < 1.29 is 14.1 Å². The fourth-order valence-corrected chi connectivity index (χ4v) is 3.50. The fraction of sp³-hybridized carbons (Fsp3) is 0.750. The van der Waals surface area contributed by atoms with Gasteiger partial charge in [0.2, 0.25) is 0 Å². The van der Waals surface area contributed by atoms with E-state index < -0.39 is 0 Å². The van der Waals surface area contributed by atoms with Gasteiger partial charge in [-0.05, 0) is 39.5 Å². The van der Waals surface area contributed by atoms with Crippen LogP contribution in [-0.4, -0.2) is 48.2 Å². The first kappa shape index (κ1) is 24.7. The minimum absolute atomic E-state index is 0. The molecule has 2 heterocycles. The minimum atomic E-state index is -0.108. The number of rotatable bonds is 8. The van der Waals surface area contributed by atoms with Crippen LogP contribution in [0.15, 0.2) is 15.6 Å². The van der Waals surface area contributed by atoms with Crippen molar-refractivity contribution in [3.8, 4) is 0 Å². The van der Waals surface area contributed by atoms with Gasteiger partial charge in [0.1, 0.15) is 6.54 Å². The molecule has 160 valence electrons. The standard InChI is InChI=1S/C20H34N4O3.HI/c1-5-15(6-2)18-12-17(27-23-18)13-22-20(21-7-3)24-11-9-10-16(14-24)19(25)26-8-4;/h12,15-16H,5-11,13-14H2,1-4H3,(H,21,22);1H. The lowest BCUT2D eigenvalue weighted by molar-refractivity contribution is -0.149. The maximum Gasteiger partial charge on any atom is 0.310 e. The van der Waals surface area contributed by atoms with E-state index in [1.165, 1.54) is 0 Å². The highest BCUT2D eigenvalue weighted by Gasteiger charge is 2.28. The Morgan fingerprint density at radius 3 is 2.79 bits per heavy atom. The first-order chi connectivity index (χ1) is 13.1. The summed E-state index contributed by atoms with van der Waals surface area (Å²) in [6.07, 6.45) is 3.93. The SMILES string of the molecule is CCNC(=NCc1cc(C(CC)CC)no1)N1CCCC(C(=O)OCC)C1.I. The molecule has 7 nitrogen and oxygen atoms in total. The van der Waals surface area contributed by atoms with Gasteiger partial charge in [0.25, 0.3) is 0 Å². The molecule has 2 rings (SSSR count). The molecule has 1 saturated heterocycles. The predicted octanol–water partition coefficient (Wildman–Crippen LogP) is 3.94. The first-order valence-corrected chi connectivity index (χ1v) is 10.3. The van der Waals surface area contributed by atoms with Crippen LogP contribution in [-0.2, 0) is 16.1 Å². The Balaban J connectivity index is 0.00000392. The normalized spacial score (nSPS) is 17.4. The second-order valence-electron chi connectivity index (χ2n) is 6.94. The van der Waals surface area contributed by atoms with E-state index in [-0.39, 0.29) is 35.9 Å². The average Bonchev–Trinajstić information content (AvgIpc) is 3.15. The second kappa shape index (κ2) is 13.0. The van der Waals surface area contributed by atoms with Crippen LogP contribution >= 0.6 is 24.0 Å². The molecule has 0 aromatic carbocycles. The molecule has 1 atom stereocenters. The molecule has 1 N–H and O–H groups in total. The summed E-state index contributed by atoms with van der Waals surface area (Å²) in [7, 11) is 0. The summed E-state index contributed by atoms with van der Waals surface area (Å²) in [5.41, 5.74) is 1.01. The molecule has 1 unspecified atom stereocenters. The summed E-state index contributed by atoms with van der Waals surface area (Å²) >= 11 is 0. The molecule has 0 spiro atoms. The van der Waals surface area contributed by atoms with Gasteiger partial charge in [0.15, 0.2) is 11.7 Å². The van der Waals surface area contributed by atoms with Gasteiger partial charge >= 0.3 is 5.97 Å². The summed E-state index contributed by atoms with van der Waals surface area (Å²) < 4.78 is 10.7. The molecule has 28 heavy (non-hydrogen) atoms. The summed E-state index contributed by atoms with van der Waals surface area (Å²) in [6.45, 7) is 11.4. The van der Waals surface area contributed by atoms with Crippen LogP contribution in [0.25, 0.3) is 0 Å². The molecule has 1 aromatic rings. The summed E-state index contributed by atoms with van der Waals surface area (Å²) in [4.78, 5) is 19.0. The number of likely N-dealkylation sites (tertiary alicyclic amines) is 1. The molecular formula is C20H35IN4O3. The van der Waals surface area contributed by atoms with Crippen LogP contribution in [0.1, 0.15) is 70.8 Å². The number of carbonyl (C=O) groups excluding carboxylic acids is 1. The van der Waals surface area contributed by atoms with Crippen LogP contribution < -0.4 is 5.32 Å². The molecule has 0 bridgehead atoms. The van der Waals surface area contributed by atoms with Gasteiger partial charge in [-0.2, -0.15) is 0 Å². The number of hydrogen-bond donors (Lipinski definition) is 1. The lowest BCUT2D eigenvalue weighted by Crippen LogP contribution is -2.48. The molecule has 1 aromatic heterocycles. The van der Waals surface area contributed by atoms with E-state index in [0.717, 1.165) is 56.2 Å². The van der Waals surface area contributed by atoms with Crippen LogP contribution in [0, 0.1) is 5.92 Å². The number of ether oxygens (including phenoxy) is 1. The minimum Gasteiger partial charge on any atom is -0.466 e. The Morgan fingerprint density at radius 2 is 2.14 bits per heavy atom. The third-order valence-electron chi connectivity index (χ3n) is 5.04. The molecule has 0 amide bonds. The number of nitrogens with zero attached hydrogens (tertiary/aromatic N) is 3. The molecule has 0 radical (unpaired) electrons. The number of nitrogens with one attached hydrogen (secondary N) is 1. The zero-order chi connectivity index (χ0) is 19.6. The maximum absolute atomic E-state index is 12.1. The van der Waals surface area contributed by atoms with Crippen LogP contribution in [0.3, 0.4) is 0 Å². The van der Waals surface area contributed by atoms with Crippen molar-refractivity contribution >= 4 is 35.9 Å². The van der Waals surface area contributed by atoms with E-state index in [0.29, 0.717) is 25.6 Å². The Bertz CT molecular complexity index is 616. The third kappa shape index (κ3) is 6.93. The van der Waals surface area contributed by atoms with Crippen molar-refractivity contribution in [3.63, 3.8) is 0 Å². The molecule has 1 fully saturated rings. The van der Waals surface area contributed by atoms with E-state index >= 15 is 0 Å². The Kier molecular flexibility index (Phi) is 11.5. The van der Waals surface area contributed by atoms with Crippen LogP contribution in [0.4, 0.5) is 0 Å². The Morgan fingerprint density at radius 1 is 1.39 bits per heavy atom. The highest BCUT2D eigenvalue weighted by atomic mass is 127. The Hall–Kier alpha value is -1.32. The number of piperidine rings is 1. The van der Waals surface area contributed by atoms with E-state index in [1.807, 2.05) is 19.9 Å². The largest absolute Gasteiger partial charge is 0.466 e. The summed E-state index contributed by atoms with van der Waals surface area (Å²) in [5.74, 6) is 1.82. The van der Waals surface area contributed by atoms with Gasteiger partial charge in [-0.3, -0.25) is 4.79 Å². The highest BCUT2D eigenvalue weighted by Crippen LogP contribution is 2.23. The number of halogens is 1. The second-order valence-corrected chi connectivity index (χ2v) is 6.94. The smallest absolute Gasteiger partial charge is 0.310 e.